The summed E-state index contributed by atoms with van der Waals surface area (Å²) in [6.07, 6.45) is 1.77. The summed E-state index contributed by atoms with van der Waals surface area (Å²) in [5, 5.41) is 6.70. The number of nitrogens with one attached hydrogen (secondary N) is 1. The van der Waals surface area contributed by atoms with Gasteiger partial charge in [-0.15, -0.1) is 0 Å². The quantitative estimate of drug-likeness (QED) is 0.589. The average molecular weight is 112 g/mol. The van der Waals surface area contributed by atoms with E-state index >= 15 is 0 Å². The zero-order chi connectivity index (χ0) is 5.98. The SMILES string of the molecule is CC(C)c1ccn[nH]1.[HH]. The average Bonchev–Trinajstić information content (AvgIpc) is 2.12. The van der Waals surface area contributed by atoms with Gasteiger partial charge in [-0.1, -0.05) is 13.8 Å². The molecule has 1 aromatic rings. The molecule has 0 aliphatic carbocycles. The third-order valence-corrected chi connectivity index (χ3v) is 1.14. The van der Waals surface area contributed by atoms with Gasteiger partial charge in [-0.3, -0.25) is 5.10 Å². The maximum atomic E-state index is 3.82. The normalized spacial score (nSPS) is 10.4. The molecule has 0 unspecified atom stereocenters. The Hall–Kier alpha value is -0.790. The van der Waals surface area contributed by atoms with Gasteiger partial charge in [0.25, 0.3) is 0 Å². The lowest BCUT2D eigenvalue weighted by Gasteiger charge is -1.95. The lowest BCUT2D eigenvalue weighted by atomic mass is 10.1. The standard InChI is InChI=1S/C6H10N2.H2/c1-5(2)6-3-4-7-8-6;/h3-5H,1-2H3,(H,7,8);1H. The van der Waals surface area contributed by atoms with Crippen LogP contribution in [-0.4, -0.2) is 10.2 Å². The summed E-state index contributed by atoms with van der Waals surface area (Å²) >= 11 is 0. The minimum absolute atomic E-state index is 0. The first kappa shape index (κ1) is 5.35. The molecule has 0 aromatic carbocycles. The Kier molecular flexibility index (Phi) is 1.33. The first-order valence-electron chi connectivity index (χ1n) is 2.80. The molecule has 0 fully saturated rings. The van der Waals surface area contributed by atoms with E-state index in [1.807, 2.05) is 6.07 Å². The zero-order valence-electron chi connectivity index (χ0n) is 5.18. The minimum atomic E-state index is 0. The van der Waals surface area contributed by atoms with Crippen molar-refractivity contribution >= 4 is 0 Å². The summed E-state index contributed by atoms with van der Waals surface area (Å²) in [7, 11) is 0. The van der Waals surface area contributed by atoms with E-state index in [2.05, 4.69) is 24.0 Å². The van der Waals surface area contributed by atoms with E-state index in [9.17, 15) is 0 Å². The van der Waals surface area contributed by atoms with Crippen molar-refractivity contribution in [3.63, 3.8) is 0 Å². The first-order valence-corrected chi connectivity index (χ1v) is 2.80. The molecule has 0 aliphatic heterocycles. The van der Waals surface area contributed by atoms with E-state index in [4.69, 9.17) is 0 Å². The summed E-state index contributed by atoms with van der Waals surface area (Å²) in [4.78, 5) is 0. The number of hydrogen-bond donors (Lipinski definition) is 1. The molecule has 2 nitrogen and oxygen atoms in total. The molecule has 1 rings (SSSR count). The highest BCUT2D eigenvalue weighted by Crippen LogP contribution is 2.07. The zero-order valence-corrected chi connectivity index (χ0v) is 5.18. The second-order valence-electron chi connectivity index (χ2n) is 2.17. The maximum absolute atomic E-state index is 3.82. The van der Waals surface area contributed by atoms with Crippen molar-refractivity contribution in [2.45, 2.75) is 19.8 Å². The molecular weight excluding hydrogens is 100 g/mol. The van der Waals surface area contributed by atoms with Crippen LogP contribution in [0.4, 0.5) is 0 Å². The molecule has 1 aromatic heterocycles. The predicted molar refractivity (Wildman–Crippen MR) is 34.8 cm³/mol. The topological polar surface area (TPSA) is 28.7 Å². The number of hydrogen-bond acceptors (Lipinski definition) is 1. The lowest BCUT2D eigenvalue weighted by molar-refractivity contribution is 0.810. The van der Waals surface area contributed by atoms with Crippen LogP contribution in [0.3, 0.4) is 0 Å². The smallest absolute Gasteiger partial charge is 0.0490 e. The van der Waals surface area contributed by atoms with E-state index in [0.717, 1.165) is 0 Å². The number of aromatic amines is 1. The number of H-pyrrole nitrogens is 1. The van der Waals surface area contributed by atoms with Crippen molar-refractivity contribution in [2.24, 2.45) is 0 Å². The fraction of sp³-hybridized carbons (Fsp3) is 0.500. The highest BCUT2D eigenvalue weighted by molar-refractivity contribution is 5.01. The van der Waals surface area contributed by atoms with Gasteiger partial charge in [0.1, 0.15) is 0 Å². The van der Waals surface area contributed by atoms with Crippen LogP contribution in [-0.2, 0) is 0 Å². The monoisotopic (exact) mass is 112 g/mol. The van der Waals surface area contributed by atoms with Crippen LogP contribution in [0.2, 0.25) is 0 Å². The fourth-order valence-electron chi connectivity index (χ4n) is 0.588. The molecule has 0 bridgehead atoms. The molecule has 0 spiro atoms. The van der Waals surface area contributed by atoms with Crippen LogP contribution in [0, 0.1) is 0 Å². The van der Waals surface area contributed by atoms with Crippen LogP contribution < -0.4 is 0 Å². The summed E-state index contributed by atoms with van der Waals surface area (Å²) in [5.41, 5.74) is 1.20. The maximum Gasteiger partial charge on any atom is 0.0490 e. The van der Waals surface area contributed by atoms with Gasteiger partial charge in [0, 0.05) is 13.3 Å². The highest BCUT2D eigenvalue weighted by Gasteiger charge is 1.95. The van der Waals surface area contributed by atoms with Crippen molar-refractivity contribution in [1.29, 1.82) is 0 Å². The minimum Gasteiger partial charge on any atom is -0.282 e. The molecule has 2 heteroatoms. The van der Waals surface area contributed by atoms with Gasteiger partial charge in [-0.25, -0.2) is 0 Å². The van der Waals surface area contributed by atoms with Crippen molar-refractivity contribution in [3.8, 4) is 0 Å². The molecule has 0 amide bonds. The van der Waals surface area contributed by atoms with E-state index in [0.29, 0.717) is 5.92 Å². The lowest BCUT2D eigenvalue weighted by Crippen LogP contribution is -1.85. The molecular formula is C6H12N2. The van der Waals surface area contributed by atoms with Crippen LogP contribution >= 0.6 is 0 Å². The number of rotatable bonds is 1. The van der Waals surface area contributed by atoms with E-state index in [1.165, 1.54) is 5.69 Å². The summed E-state index contributed by atoms with van der Waals surface area (Å²) in [6, 6.07) is 1.99. The second kappa shape index (κ2) is 1.99. The summed E-state index contributed by atoms with van der Waals surface area (Å²) in [5.74, 6) is 0.567. The first-order chi connectivity index (χ1) is 3.80. The van der Waals surface area contributed by atoms with E-state index < -0.39 is 0 Å². The Morgan fingerprint density at radius 3 is 2.75 bits per heavy atom. The molecule has 0 radical (unpaired) electrons. The van der Waals surface area contributed by atoms with Crippen LogP contribution in [0.15, 0.2) is 12.3 Å². The fourth-order valence-corrected chi connectivity index (χ4v) is 0.588. The van der Waals surface area contributed by atoms with Gasteiger partial charge >= 0.3 is 0 Å². The van der Waals surface area contributed by atoms with Gasteiger partial charge in [-0.05, 0) is 12.0 Å². The molecule has 0 aliphatic rings. The summed E-state index contributed by atoms with van der Waals surface area (Å²) in [6.45, 7) is 4.26. The van der Waals surface area contributed by atoms with Gasteiger partial charge in [0.15, 0.2) is 0 Å². The molecule has 0 atom stereocenters. The highest BCUT2D eigenvalue weighted by atomic mass is 15.1. The van der Waals surface area contributed by atoms with Crippen molar-refractivity contribution in [2.75, 3.05) is 0 Å². The van der Waals surface area contributed by atoms with Crippen LogP contribution in [0.5, 0.6) is 0 Å². The molecule has 1 N–H and O–H groups in total. The molecule has 0 saturated carbocycles. The van der Waals surface area contributed by atoms with Gasteiger partial charge in [0.05, 0.1) is 0 Å². The van der Waals surface area contributed by atoms with E-state index in [1.54, 1.807) is 6.20 Å². The molecule has 46 valence electrons. The Morgan fingerprint density at radius 2 is 2.50 bits per heavy atom. The molecule has 8 heavy (non-hydrogen) atoms. The van der Waals surface area contributed by atoms with Crippen molar-refractivity contribution < 1.29 is 1.43 Å². The van der Waals surface area contributed by atoms with Crippen molar-refractivity contribution in [1.82, 2.24) is 10.2 Å². The third kappa shape index (κ3) is 0.886. The van der Waals surface area contributed by atoms with Gasteiger partial charge < -0.3 is 0 Å². The third-order valence-electron chi connectivity index (χ3n) is 1.14. The van der Waals surface area contributed by atoms with Crippen molar-refractivity contribution in [3.05, 3.63) is 18.0 Å². The largest absolute Gasteiger partial charge is 0.282 e. The molecule has 0 saturated heterocycles. The summed E-state index contributed by atoms with van der Waals surface area (Å²) < 4.78 is 0. The Balaban J connectivity index is 0.000000640. The Morgan fingerprint density at radius 1 is 1.75 bits per heavy atom. The number of aromatic nitrogens is 2. The van der Waals surface area contributed by atoms with E-state index in [-0.39, 0.29) is 1.43 Å². The van der Waals surface area contributed by atoms with Gasteiger partial charge in [-0.2, -0.15) is 5.10 Å². The Labute approximate surface area is 50.4 Å². The van der Waals surface area contributed by atoms with Crippen LogP contribution in [0.1, 0.15) is 26.9 Å². The Bertz CT molecular complexity index is 146. The number of nitrogens with zero attached hydrogens (tertiary/aromatic N) is 1. The second-order valence-corrected chi connectivity index (χ2v) is 2.17. The van der Waals surface area contributed by atoms with Gasteiger partial charge in [0.2, 0.25) is 0 Å². The molecule has 1 heterocycles. The predicted octanol–water partition coefficient (Wildman–Crippen LogP) is 1.78. The van der Waals surface area contributed by atoms with Crippen LogP contribution in [0.25, 0.3) is 0 Å².